The Morgan fingerprint density at radius 1 is 1.09 bits per heavy atom. The molecular formula is C13H15F3N2O2S2. The molecule has 0 aliphatic carbocycles. The topological polar surface area (TPSA) is 49.4 Å². The molecule has 0 amide bonds. The zero-order valence-corrected chi connectivity index (χ0v) is 13.1. The molecule has 2 aliphatic rings. The van der Waals surface area contributed by atoms with Crippen LogP contribution in [-0.4, -0.2) is 44.4 Å². The van der Waals surface area contributed by atoms with E-state index in [0.29, 0.717) is 24.9 Å². The van der Waals surface area contributed by atoms with Crippen molar-refractivity contribution in [3.05, 3.63) is 24.3 Å². The quantitative estimate of drug-likeness (QED) is 0.847. The second-order valence-corrected chi connectivity index (χ2v) is 8.60. The lowest BCUT2D eigenvalue weighted by molar-refractivity contribution is -0.0328. The molecule has 1 N–H and O–H groups in total. The third-order valence-corrected chi connectivity index (χ3v) is 6.64. The number of sulfonamides is 1. The van der Waals surface area contributed by atoms with E-state index >= 15 is 0 Å². The maximum atomic E-state index is 12.5. The Balaban J connectivity index is 1.75. The minimum Gasteiger partial charge on any atom is -0.316 e. The van der Waals surface area contributed by atoms with E-state index in [1.807, 2.05) is 0 Å². The molecule has 1 aromatic carbocycles. The predicted molar refractivity (Wildman–Crippen MR) is 77.0 cm³/mol. The van der Waals surface area contributed by atoms with Crippen molar-refractivity contribution in [1.29, 1.82) is 0 Å². The molecule has 122 valence electrons. The second kappa shape index (κ2) is 5.70. The number of fused-ring (bicyclic) bond motifs is 1. The number of halogens is 3. The van der Waals surface area contributed by atoms with Crippen molar-refractivity contribution in [3.63, 3.8) is 0 Å². The highest BCUT2D eigenvalue weighted by Crippen LogP contribution is 2.37. The number of hydrogen-bond acceptors (Lipinski definition) is 4. The van der Waals surface area contributed by atoms with Gasteiger partial charge in [-0.25, -0.2) is 8.42 Å². The summed E-state index contributed by atoms with van der Waals surface area (Å²) in [6.45, 7) is 2.58. The number of hydrogen-bond donors (Lipinski definition) is 1. The van der Waals surface area contributed by atoms with Crippen LogP contribution in [0.1, 0.15) is 0 Å². The third-order valence-electron chi connectivity index (χ3n) is 4.05. The zero-order valence-electron chi connectivity index (χ0n) is 11.5. The first-order chi connectivity index (χ1) is 10.3. The van der Waals surface area contributed by atoms with Gasteiger partial charge in [0, 0.05) is 18.0 Å². The van der Waals surface area contributed by atoms with Crippen LogP contribution in [0.4, 0.5) is 13.2 Å². The zero-order chi connectivity index (χ0) is 16.0. The number of thioether (sulfide) groups is 1. The molecule has 2 heterocycles. The number of benzene rings is 1. The van der Waals surface area contributed by atoms with Gasteiger partial charge in [0.2, 0.25) is 10.0 Å². The van der Waals surface area contributed by atoms with Crippen LogP contribution < -0.4 is 5.32 Å². The van der Waals surface area contributed by atoms with Crippen LogP contribution in [0.15, 0.2) is 34.1 Å². The van der Waals surface area contributed by atoms with E-state index in [9.17, 15) is 21.6 Å². The summed E-state index contributed by atoms with van der Waals surface area (Å²) in [7, 11) is -3.63. The Bertz CT molecular complexity index is 634. The van der Waals surface area contributed by atoms with E-state index in [1.54, 1.807) is 0 Å². The maximum absolute atomic E-state index is 12.5. The lowest BCUT2D eigenvalue weighted by atomic mass is 10.0. The van der Waals surface area contributed by atoms with Gasteiger partial charge in [0.05, 0.1) is 4.90 Å². The van der Waals surface area contributed by atoms with Crippen molar-refractivity contribution in [2.24, 2.45) is 11.8 Å². The molecule has 1 aromatic rings. The van der Waals surface area contributed by atoms with Gasteiger partial charge in [0.25, 0.3) is 0 Å². The fourth-order valence-corrected chi connectivity index (χ4v) is 5.06. The van der Waals surface area contributed by atoms with Crippen LogP contribution in [0.5, 0.6) is 0 Å². The van der Waals surface area contributed by atoms with Crippen molar-refractivity contribution >= 4 is 21.8 Å². The molecule has 2 aliphatic heterocycles. The smallest absolute Gasteiger partial charge is 0.316 e. The highest BCUT2D eigenvalue weighted by atomic mass is 32.2. The minimum absolute atomic E-state index is 0.0195. The summed E-state index contributed by atoms with van der Waals surface area (Å²) in [5, 5.41) is 3.23. The van der Waals surface area contributed by atoms with Gasteiger partial charge in [-0.2, -0.15) is 17.5 Å². The number of nitrogens with zero attached hydrogens (tertiary/aromatic N) is 1. The fraction of sp³-hybridized carbons (Fsp3) is 0.538. The second-order valence-electron chi connectivity index (χ2n) is 5.52. The van der Waals surface area contributed by atoms with Gasteiger partial charge in [-0.15, -0.1) is 0 Å². The van der Waals surface area contributed by atoms with Gasteiger partial charge in [-0.05, 0) is 61.0 Å². The summed E-state index contributed by atoms with van der Waals surface area (Å²) in [6, 6.07) is 4.89. The summed E-state index contributed by atoms with van der Waals surface area (Å²) in [6.07, 6.45) is 0. The van der Waals surface area contributed by atoms with E-state index in [-0.39, 0.29) is 21.6 Å². The maximum Gasteiger partial charge on any atom is 0.446 e. The summed E-state index contributed by atoms with van der Waals surface area (Å²) in [4.78, 5) is 0.0286. The third kappa shape index (κ3) is 3.27. The van der Waals surface area contributed by atoms with E-state index in [1.165, 1.54) is 28.6 Å². The Morgan fingerprint density at radius 2 is 1.64 bits per heavy atom. The lowest BCUT2D eigenvalue weighted by Gasteiger charge is -2.17. The van der Waals surface area contributed by atoms with Crippen molar-refractivity contribution in [1.82, 2.24) is 9.62 Å². The first-order valence-corrected chi connectivity index (χ1v) is 9.08. The molecule has 3 rings (SSSR count). The molecule has 4 nitrogen and oxygen atoms in total. The molecule has 2 atom stereocenters. The van der Waals surface area contributed by atoms with Gasteiger partial charge in [-0.1, -0.05) is 0 Å². The van der Waals surface area contributed by atoms with Crippen LogP contribution in [0.25, 0.3) is 0 Å². The van der Waals surface area contributed by atoms with Gasteiger partial charge < -0.3 is 5.32 Å². The molecule has 0 aromatic heterocycles. The summed E-state index contributed by atoms with van der Waals surface area (Å²) >= 11 is -0.251. The molecule has 2 fully saturated rings. The largest absolute Gasteiger partial charge is 0.446 e. The SMILES string of the molecule is O=S(=O)(c1ccc(SC(F)(F)F)cc1)N1C[C@H]2CNC[C@H]2C1. The highest BCUT2D eigenvalue weighted by Gasteiger charge is 2.41. The molecule has 2 saturated heterocycles. The molecule has 0 radical (unpaired) electrons. The van der Waals surface area contributed by atoms with Crippen LogP contribution in [0, 0.1) is 11.8 Å². The number of nitrogens with one attached hydrogen (secondary N) is 1. The van der Waals surface area contributed by atoms with E-state index in [4.69, 9.17) is 0 Å². The van der Waals surface area contributed by atoms with Crippen LogP contribution in [0.3, 0.4) is 0 Å². The van der Waals surface area contributed by atoms with Crippen molar-refractivity contribution < 1.29 is 21.6 Å². The molecule has 0 spiro atoms. The van der Waals surface area contributed by atoms with E-state index < -0.39 is 15.5 Å². The molecule has 0 bridgehead atoms. The first-order valence-electron chi connectivity index (χ1n) is 6.82. The van der Waals surface area contributed by atoms with Crippen LogP contribution in [0.2, 0.25) is 0 Å². The van der Waals surface area contributed by atoms with Gasteiger partial charge >= 0.3 is 5.51 Å². The predicted octanol–water partition coefficient (Wildman–Crippen LogP) is 2.14. The number of rotatable bonds is 3. The molecular weight excluding hydrogens is 337 g/mol. The first kappa shape index (κ1) is 16.1. The normalized spacial score (nSPS) is 26.3. The molecule has 0 saturated carbocycles. The molecule has 0 unspecified atom stereocenters. The summed E-state index contributed by atoms with van der Waals surface area (Å²) < 4.78 is 63.4. The summed E-state index contributed by atoms with van der Waals surface area (Å²) in [5.41, 5.74) is -4.38. The van der Waals surface area contributed by atoms with Crippen LogP contribution in [-0.2, 0) is 10.0 Å². The average molecular weight is 352 g/mol. The van der Waals surface area contributed by atoms with Gasteiger partial charge in [0.1, 0.15) is 0 Å². The number of alkyl halides is 3. The fourth-order valence-electron chi connectivity index (χ4n) is 2.97. The van der Waals surface area contributed by atoms with Gasteiger partial charge in [-0.3, -0.25) is 0 Å². The Morgan fingerprint density at radius 3 is 2.14 bits per heavy atom. The van der Waals surface area contributed by atoms with Crippen molar-refractivity contribution in [2.75, 3.05) is 26.2 Å². The van der Waals surface area contributed by atoms with Crippen LogP contribution >= 0.6 is 11.8 Å². The average Bonchev–Trinajstić information content (AvgIpc) is 2.98. The Hall–Kier alpha value is -0.770. The van der Waals surface area contributed by atoms with E-state index in [2.05, 4.69) is 5.32 Å². The minimum atomic E-state index is -4.38. The highest BCUT2D eigenvalue weighted by molar-refractivity contribution is 8.00. The Labute approximate surface area is 131 Å². The van der Waals surface area contributed by atoms with Gasteiger partial charge in [0.15, 0.2) is 0 Å². The lowest BCUT2D eigenvalue weighted by Crippen LogP contribution is -2.31. The monoisotopic (exact) mass is 352 g/mol. The molecule has 22 heavy (non-hydrogen) atoms. The Kier molecular flexibility index (Phi) is 4.17. The van der Waals surface area contributed by atoms with Crippen molar-refractivity contribution in [2.45, 2.75) is 15.3 Å². The van der Waals surface area contributed by atoms with Crippen molar-refractivity contribution in [3.8, 4) is 0 Å². The standard InChI is InChI=1S/C13H15F3N2O2S2/c14-13(15,16)21-11-1-3-12(4-2-11)22(19,20)18-7-9-5-17-6-10(9)8-18/h1-4,9-10,17H,5-8H2/t9-,10+. The van der Waals surface area contributed by atoms with E-state index in [0.717, 1.165) is 13.1 Å². The molecule has 9 heteroatoms. The summed E-state index contributed by atoms with van der Waals surface area (Å²) in [5.74, 6) is 0.657.